The molecule has 0 saturated heterocycles. The number of ether oxygens (including phenoxy) is 1. The lowest BCUT2D eigenvalue weighted by molar-refractivity contribution is -0.124. The summed E-state index contributed by atoms with van der Waals surface area (Å²) in [6, 6.07) is 4.02. The standard InChI is InChI=1S/C13H16ClNO4/c1-8(2)6-15-12(17)7-19-13(18)10-5-9(14)3-4-11(10)16/h3-5,8,16H,6-7H2,1-2H3,(H,15,17). The molecule has 0 saturated carbocycles. The van der Waals surface area contributed by atoms with Crippen molar-refractivity contribution >= 4 is 23.5 Å². The van der Waals surface area contributed by atoms with Crippen LogP contribution in [0.4, 0.5) is 0 Å². The lowest BCUT2D eigenvalue weighted by atomic mass is 10.2. The SMILES string of the molecule is CC(C)CNC(=O)COC(=O)c1cc(Cl)ccc1O. The molecule has 0 unspecified atom stereocenters. The van der Waals surface area contributed by atoms with E-state index in [-0.39, 0.29) is 17.2 Å². The first kappa shape index (κ1) is 15.3. The number of amides is 1. The van der Waals surface area contributed by atoms with E-state index in [2.05, 4.69) is 5.32 Å². The monoisotopic (exact) mass is 285 g/mol. The maximum Gasteiger partial charge on any atom is 0.342 e. The van der Waals surface area contributed by atoms with Crippen molar-refractivity contribution in [2.75, 3.05) is 13.2 Å². The van der Waals surface area contributed by atoms with E-state index in [1.807, 2.05) is 13.8 Å². The maximum absolute atomic E-state index is 11.6. The predicted molar refractivity (Wildman–Crippen MR) is 71.2 cm³/mol. The minimum atomic E-state index is -0.792. The van der Waals surface area contributed by atoms with Gasteiger partial charge in [0.25, 0.3) is 5.91 Å². The molecule has 1 aromatic carbocycles. The van der Waals surface area contributed by atoms with Crippen LogP contribution in [0.5, 0.6) is 5.75 Å². The van der Waals surface area contributed by atoms with E-state index in [0.717, 1.165) is 0 Å². The molecule has 0 atom stereocenters. The molecule has 0 aliphatic rings. The molecule has 1 rings (SSSR count). The molecular weight excluding hydrogens is 270 g/mol. The zero-order valence-corrected chi connectivity index (χ0v) is 11.5. The summed E-state index contributed by atoms with van der Waals surface area (Å²) in [7, 11) is 0. The molecule has 104 valence electrons. The zero-order chi connectivity index (χ0) is 14.4. The molecule has 0 heterocycles. The molecule has 2 N–H and O–H groups in total. The summed E-state index contributed by atoms with van der Waals surface area (Å²) in [6.45, 7) is 4.03. The highest BCUT2D eigenvalue weighted by atomic mass is 35.5. The number of esters is 1. The number of benzene rings is 1. The Morgan fingerprint density at radius 2 is 2.11 bits per heavy atom. The summed E-state index contributed by atoms with van der Waals surface area (Å²) < 4.78 is 4.79. The Bertz CT molecular complexity index is 474. The van der Waals surface area contributed by atoms with Crippen LogP contribution in [0.2, 0.25) is 5.02 Å². The van der Waals surface area contributed by atoms with Gasteiger partial charge in [0.15, 0.2) is 6.61 Å². The van der Waals surface area contributed by atoms with E-state index in [1.165, 1.54) is 18.2 Å². The van der Waals surface area contributed by atoms with Crippen LogP contribution in [0.1, 0.15) is 24.2 Å². The summed E-state index contributed by atoms with van der Waals surface area (Å²) in [6.07, 6.45) is 0. The van der Waals surface area contributed by atoms with Crippen LogP contribution in [-0.2, 0) is 9.53 Å². The van der Waals surface area contributed by atoms with Crippen LogP contribution in [0.15, 0.2) is 18.2 Å². The Hall–Kier alpha value is -1.75. The minimum absolute atomic E-state index is 0.0656. The topological polar surface area (TPSA) is 75.6 Å². The highest BCUT2D eigenvalue weighted by Crippen LogP contribution is 2.22. The molecule has 0 aliphatic heterocycles. The predicted octanol–water partition coefficient (Wildman–Crippen LogP) is 1.97. The normalized spacial score (nSPS) is 10.3. The molecule has 0 aliphatic carbocycles. The molecule has 0 aromatic heterocycles. The molecule has 0 spiro atoms. The van der Waals surface area contributed by atoms with Crippen LogP contribution < -0.4 is 5.32 Å². The number of aromatic hydroxyl groups is 1. The molecule has 6 heteroatoms. The van der Waals surface area contributed by atoms with Crippen LogP contribution >= 0.6 is 11.6 Å². The number of rotatable bonds is 5. The average molecular weight is 286 g/mol. The van der Waals surface area contributed by atoms with Crippen molar-refractivity contribution in [1.82, 2.24) is 5.32 Å². The van der Waals surface area contributed by atoms with Gasteiger partial charge in [-0.15, -0.1) is 0 Å². The van der Waals surface area contributed by atoms with Crippen molar-refractivity contribution in [2.24, 2.45) is 5.92 Å². The van der Waals surface area contributed by atoms with Crippen molar-refractivity contribution in [2.45, 2.75) is 13.8 Å². The number of phenolic OH excluding ortho intramolecular Hbond substituents is 1. The van der Waals surface area contributed by atoms with E-state index < -0.39 is 12.6 Å². The lowest BCUT2D eigenvalue weighted by Crippen LogP contribution is -2.31. The van der Waals surface area contributed by atoms with Crippen molar-refractivity contribution in [3.8, 4) is 5.75 Å². The second-order valence-corrected chi connectivity index (χ2v) is 4.87. The maximum atomic E-state index is 11.6. The number of carbonyl (C=O) groups excluding carboxylic acids is 2. The summed E-state index contributed by atoms with van der Waals surface area (Å²) in [4.78, 5) is 23.0. The van der Waals surface area contributed by atoms with Gasteiger partial charge in [-0.1, -0.05) is 25.4 Å². The summed E-state index contributed by atoms with van der Waals surface area (Å²) >= 11 is 5.71. The van der Waals surface area contributed by atoms with Gasteiger partial charge in [-0.25, -0.2) is 4.79 Å². The van der Waals surface area contributed by atoms with Gasteiger partial charge in [0.2, 0.25) is 0 Å². The van der Waals surface area contributed by atoms with E-state index in [4.69, 9.17) is 16.3 Å². The lowest BCUT2D eigenvalue weighted by Gasteiger charge is -2.09. The summed E-state index contributed by atoms with van der Waals surface area (Å²) in [5.41, 5.74) is -0.0656. The van der Waals surface area contributed by atoms with Crippen LogP contribution in [0, 0.1) is 5.92 Å². The fraction of sp³-hybridized carbons (Fsp3) is 0.385. The number of hydrogen-bond donors (Lipinski definition) is 2. The Morgan fingerprint density at radius 3 is 2.74 bits per heavy atom. The Labute approximate surface area is 116 Å². The highest BCUT2D eigenvalue weighted by Gasteiger charge is 2.14. The molecule has 0 bridgehead atoms. The third-order valence-electron chi connectivity index (χ3n) is 2.22. The molecule has 5 nitrogen and oxygen atoms in total. The molecule has 0 radical (unpaired) electrons. The number of carbonyl (C=O) groups is 2. The number of hydrogen-bond acceptors (Lipinski definition) is 4. The average Bonchev–Trinajstić information content (AvgIpc) is 2.36. The second-order valence-electron chi connectivity index (χ2n) is 4.44. The van der Waals surface area contributed by atoms with Gasteiger partial charge in [-0.2, -0.15) is 0 Å². The fourth-order valence-electron chi connectivity index (χ4n) is 1.25. The van der Waals surface area contributed by atoms with E-state index >= 15 is 0 Å². The summed E-state index contributed by atoms with van der Waals surface area (Å²) in [5, 5.41) is 12.4. The van der Waals surface area contributed by atoms with Crippen molar-refractivity contribution in [3.63, 3.8) is 0 Å². The van der Waals surface area contributed by atoms with Crippen LogP contribution in [0.3, 0.4) is 0 Å². The van der Waals surface area contributed by atoms with Gasteiger partial charge in [-0.05, 0) is 24.1 Å². The van der Waals surface area contributed by atoms with Crippen molar-refractivity contribution in [1.29, 1.82) is 0 Å². The summed E-state index contributed by atoms with van der Waals surface area (Å²) in [5.74, 6) is -1.10. The van der Waals surface area contributed by atoms with Crippen molar-refractivity contribution in [3.05, 3.63) is 28.8 Å². The first-order chi connectivity index (χ1) is 8.90. The number of halogens is 1. The molecular formula is C13H16ClNO4. The molecule has 1 amide bonds. The molecule has 0 fully saturated rings. The van der Waals surface area contributed by atoms with Gasteiger partial charge < -0.3 is 15.2 Å². The first-order valence-corrected chi connectivity index (χ1v) is 6.20. The number of nitrogens with one attached hydrogen (secondary N) is 1. The van der Waals surface area contributed by atoms with Gasteiger partial charge >= 0.3 is 5.97 Å². The van der Waals surface area contributed by atoms with Crippen molar-refractivity contribution < 1.29 is 19.4 Å². The highest BCUT2D eigenvalue weighted by molar-refractivity contribution is 6.31. The number of phenols is 1. The third-order valence-corrected chi connectivity index (χ3v) is 2.46. The van der Waals surface area contributed by atoms with Gasteiger partial charge in [-0.3, -0.25) is 4.79 Å². The van der Waals surface area contributed by atoms with Gasteiger partial charge in [0, 0.05) is 11.6 Å². The Kier molecular flexibility index (Phi) is 5.63. The van der Waals surface area contributed by atoms with Crippen LogP contribution in [0.25, 0.3) is 0 Å². The van der Waals surface area contributed by atoms with E-state index in [0.29, 0.717) is 17.5 Å². The van der Waals surface area contributed by atoms with Gasteiger partial charge in [0.1, 0.15) is 11.3 Å². The fourth-order valence-corrected chi connectivity index (χ4v) is 1.42. The Balaban J connectivity index is 2.51. The van der Waals surface area contributed by atoms with Crippen LogP contribution in [-0.4, -0.2) is 30.1 Å². The van der Waals surface area contributed by atoms with E-state index in [9.17, 15) is 14.7 Å². The first-order valence-electron chi connectivity index (χ1n) is 5.82. The smallest absolute Gasteiger partial charge is 0.342 e. The zero-order valence-electron chi connectivity index (χ0n) is 10.8. The Morgan fingerprint density at radius 1 is 1.42 bits per heavy atom. The second kappa shape index (κ2) is 6.99. The molecule has 1 aromatic rings. The quantitative estimate of drug-likeness (QED) is 0.811. The van der Waals surface area contributed by atoms with Gasteiger partial charge in [0.05, 0.1) is 0 Å². The van der Waals surface area contributed by atoms with E-state index in [1.54, 1.807) is 0 Å². The third kappa shape index (κ3) is 5.18. The minimum Gasteiger partial charge on any atom is -0.507 e. The molecule has 19 heavy (non-hydrogen) atoms. The largest absolute Gasteiger partial charge is 0.507 e.